The fourth-order valence-electron chi connectivity index (χ4n) is 2.94. The van der Waals surface area contributed by atoms with Gasteiger partial charge in [-0.3, -0.25) is 0 Å². The van der Waals surface area contributed by atoms with Gasteiger partial charge in [0, 0.05) is 17.6 Å². The van der Waals surface area contributed by atoms with Crippen LogP contribution < -0.4 is 10.5 Å². The van der Waals surface area contributed by atoms with Crippen LogP contribution in [0.4, 0.5) is 0 Å². The summed E-state index contributed by atoms with van der Waals surface area (Å²) in [6, 6.07) is 5.12. The molecule has 0 aliphatic heterocycles. The molecule has 0 heterocycles. The molecular formula is C15H23BrN2O2S. The van der Waals surface area contributed by atoms with Crippen molar-refractivity contribution in [2.75, 3.05) is 6.54 Å². The molecule has 21 heavy (non-hydrogen) atoms. The second-order valence-corrected chi connectivity index (χ2v) is 8.55. The van der Waals surface area contributed by atoms with E-state index in [0.717, 1.165) is 18.4 Å². The molecule has 4 nitrogen and oxygen atoms in total. The first-order chi connectivity index (χ1) is 9.92. The maximum atomic E-state index is 12.4. The van der Waals surface area contributed by atoms with Crippen LogP contribution in [-0.2, 0) is 16.6 Å². The Hall–Kier alpha value is -0.430. The van der Waals surface area contributed by atoms with Crippen molar-refractivity contribution in [3.8, 4) is 0 Å². The molecule has 0 spiro atoms. The number of nitrogens with two attached hydrogens (primary N) is 1. The molecular weight excluding hydrogens is 352 g/mol. The van der Waals surface area contributed by atoms with E-state index in [1.807, 2.05) is 0 Å². The number of hydrogen-bond donors (Lipinski definition) is 2. The van der Waals surface area contributed by atoms with Gasteiger partial charge in [0.25, 0.3) is 0 Å². The largest absolute Gasteiger partial charge is 0.326 e. The van der Waals surface area contributed by atoms with Gasteiger partial charge in [0.1, 0.15) is 0 Å². The molecule has 1 aromatic carbocycles. The van der Waals surface area contributed by atoms with Gasteiger partial charge >= 0.3 is 0 Å². The van der Waals surface area contributed by atoms with Crippen molar-refractivity contribution < 1.29 is 8.42 Å². The van der Waals surface area contributed by atoms with E-state index in [1.54, 1.807) is 18.2 Å². The molecule has 0 aromatic heterocycles. The third-order valence-electron chi connectivity index (χ3n) is 4.13. The fourth-order valence-corrected chi connectivity index (χ4v) is 5.18. The lowest BCUT2D eigenvalue weighted by Crippen LogP contribution is -2.31. The van der Waals surface area contributed by atoms with Crippen LogP contribution in [0.25, 0.3) is 0 Å². The maximum Gasteiger partial charge on any atom is 0.241 e. The van der Waals surface area contributed by atoms with E-state index in [4.69, 9.17) is 5.73 Å². The average molecular weight is 375 g/mol. The molecule has 0 amide bonds. The van der Waals surface area contributed by atoms with Gasteiger partial charge in [-0.05, 0) is 58.3 Å². The smallest absolute Gasteiger partial charge is 0.241 e. The topological polar surface area (TPSA) is 72.2 Å². The molecule has 2 rings (SSSR count). The molecule has 1 aromatic rings. The van der Waals surface area contributed by atoms with Crippen LogP contribution in [0, 0.1) is 11.8 Å². The summed E-state index contributed by atoms with van der Waals surface area (Å²) in [7, 11) is -3.47. The molecule has 2 unspecified atom stereocenters. The molecule has 0 bridgehead atoms. The van der Waals surface area contributed by atoms with E-state index >= 15 is 0 Å². The number of benzene rings is 1. The van der Waals surface area contributed by atoms with Gasteiger partial charge in [0.15, 0.2) is 0 Å². The van der Waals surface area contributed by atoms with Crippen LogP contribution in [0.2, 0.25) is 0 Å². The van der Waals surface area contributed by atoms with Crippen LogP contribution in [0.5, 0.6) is 0 Å². The number of sulfonamides is 1. The van der Waals surface area contributed by atoms with Crippen molar-refractivity contribution in [1.82, 2.24) is 4.72 Å². The molecule has 3 N–H and O–H groups in total. The van der Waals surface area contributed by atoms with Crippen LogP contribution in [0.15, 0.2) is 27.6 Å². The number of halogens is 1. The summed E-state index contributed by atoms with van der Waals surface area (Å²) >= 11 is 3.32. The van der Waals surface area contributed by atoms with Gasteiger partial charge in [-0.15, -0.1) is 0 Å². The standard InChI is InChI=1S/C15H23BrN2O2S/c1-11-3-2-4-13(7-11)10-18-21(19,20)15-6-5-12(9-17)8-14(15)16/h5-6,8,11,13,18H,2-4,7,9-10,17H2,1H3. The Bertz CT molecular complexity index is 589. The minimum atomic E-state index is -3.47. The second-order valence-electron chi connectivity index (χ2n) is 5.96. The van der Waals surface area contributed by atoms with Crippen molar-refractivity contribution in [1.29, 1.82) is 0 Å². The Morgan fingerprint density at radius 2 is 2.14 bits per heavy atom. The lowest BCUT2D eigenvalue weighted by atomic mass is 9.83. The van der Waals surface area contributed by atoms with E-state index in [0.29, 0.717) is 29.4 Å². The first-order valence-electron chi connectivity index (χ1n) is 7.40. The Balaban J connectivity index is 2.04. The minimum absolute atomic E-state index is 0.281. The average Bonchev–Trinajstić information content (AvgIpc) is 2.45. The SMILES string of the molecule is CC1CCCC(CNS(=O)(=O)c2ccc(CN)cc2Br)C1. The molecule has 118 valence electrons. The summed E-state index contributed by atoms with van der Waals surface area (Å²) in [4.78, 5) is 0.281. The lowest BCUT2D eigenvalue weighted by molar-refractivity contribution is 0.283. The molecule has 1 fully saturated rings. The highest BCUT2D eigenvalue weighted by molar-refractivity contribution is 9.10. The highest BCUT2D eigenvalue weighted by atomic mass is 79.9. The molecule has 1 aliphatic rings. The van der Waals surface area contributed by atoms with Gasteiger partial charge < -0.3 is 5.73 Å². The van der Waals surface area contributed by atoms with Gasteiger partial charge in [-0.2, -0.15) is 0 Å². The van der Waals surface area contributed by atoms with Crippen LogP contribution in [0.1, 0.15) is 38.2 Å². The Morgan fingerprint density at radius 1 is 1.38 bits per heavy atom. The van der Waals surface area contributed by atoms with E-state index in [9.17, 15) is 8.42 Å². The Kier molecular flexibility index (Phi) is 5.82. The molecule has 0 radical (unpaired) electrons. The first kappa shape index (κ1) is 16.9. The van der Waals surface area contributed by atoms with E-state index < -0.39 is 10.0 Å². The summed E-state index contributed by atoms with van der Waals surface area (Å²) in [6.07, 6.45) is 4.67. The molecule has 0 saturated heterocycles. The summed E-state index contributed by atoms with van der Waals surface area (Å²) < 4.78 is 28.1. The minimum Gasteiger partial charge on any atom is -0.326 e. The monoisotopic (exact) mass is 374 g/mol. The van der Waals surface area contributed by atoms with Crippen molar-refractivity contribution in [2.45, 2.75) is 44.0 Å². The highest BCUT2D eigenvalue weighted by Crippen LogP contribution is 2.29. The zero-order valence-corrected chi connectivity index (χ0v) is 14.7. The van der Waals surface area contributed by atoms with Crippen molar-refractivity contribution >= 4 is 26.0 Å². The molecule has 1 aliphatic carbocycles. The number of hydrogen-bond acceptors (Lipinski definition) is 3. The molecule has 2 atom stereocenters. The quantitative estimate of drug-likeness (QED) is 0.831. The van der Waals surface area contributed by atoms with Gasteiger partial charge in [-0.25, -0.2) is 13.1 Å². The number of rotatable bonds is 5. The first-order valence-corrected chi connectivity index (χ1v) is 9.68. The Morgan fingerprint density at radius 3 is 2.76 bits per heavy atom. The van der Waals surface area contributed by atoms with E-state index in [1.165, 1.54) is 12.8 Å². The van der Waals surface area contributed by atoms with Gasteiger partial charge in [0.2, 0.25) is 10.0 Å². The third-order valence-corrected chi connectivity index (χ3v) is 6.53. The number of nitrogens with one attached hydrogen (secondary N) is 1. The molecule has 1 saturated carbocycles. The third kappa shape index (κ3) is 4.52. The summed E-state index contributed by atoms with van der Waals surface area (Å²) in [5.74, 6) is 1.15. The summed E-state index contributed by atoms with van der Waals surface area (Å²) in [6.45, 7) is 3.16. The Labute approximate surface area is 135 Å². The maximum absolute atomic E-state index is 12.4. The van der Waals surface area contributed by atoms with Crippen molar-refractivity contribution in [3.05, 3.63) is 28.2 Å². The van der Waals surface area contributed by atoms with E-state index in [-0.39, 0.29) is 4.90 Å². The predicted molar refractivity (Wildman–Crippen MR) is 88.3 cm³/mol. The zero-order chi connectivity index (χ0) is 15.5. The van der Waals surface area contributed by atoms with Crippen LogP contribution in [0.3, 0.4) is 0 Å². The fraction of sp³-hybridized carbons (Fsp3) is 0.600. The van der Waals surface area contributed by atoms with Crippen molar-refractivity contribution in [2.24, 2.45) is 17.6 Å². The van der Waals surface area contributed by atoms with Gasteiger partial charge in [-0.1, -0.05) is 25.8 Å². The van der Waals surface area contributed by atoms with E-state index in [2.05, 4.69) is 27.6 Å². The summed E-state index contributed by atoms with van der Waals surface area (Å²) in [5.41, 5.74) is 6.47. The normalized spacial score (nSPS) is 23.2. The molecule has 6 heteroatoms. The zero-order valence-electron chi connectivity index (χ0n) is 12.3. The highest BCUT2D eigenvalue weighted by Gasteiger charge is 2.23. The van der Waals surface area contributed by atoms with Crippen molar-refractivity contribution in [3.63, 3.8) is 0 Å². The summed E-state index contributed by atoms with van der Waals surface area (Å²) in [5, 5.41) is 0. The van der Waals surface area contributed by atoms with Crippen LogP contribution >= 0.6 is 15.9 Å². The van der Waals surface area contributed by atoms with Crippen LogP contribution in [-0.4, -0.2) is 15.0 Å². The lowest BCUT2D eigenvalue weighted by Gasteiger charge is -2.26. The van der Waals surface area contributed by atoms with Gasteiger partial charge in [0.05, 0.1) is 4.90 Å². The predicted octanol–water partition coefficient (Wildman–Crippen LogP) is 3.01. The second kappa shape index (κ2) is 7.22.